The van der Waals surface area contributed by atoms with Crippen molar-refractivity contribution in [3.05, 3.63) is 82.8 Å². The molecule has 4 rings (SSSR count). The van der Waals surface area contributed by atoms with E-state index in [0.717, 1.165) is 17.7 Å². The van der Waals surface area contributed by atoms with Crippen molar-refractivity contribution in [3.8, 4) is 0 Å². The third-order valence-corrected chi connectivity index (χ3v) is 5.52. The highest BCUT2D eigenvalue weighted by Gasteiger charge is 2.43. The molecule has 5 heteroatoms. The van der Waals surface area contributed by atoms with Crippen molar-refractivity contribution in [2.45, 2.75) is 38.7 Å². The standard InChI is InChI=1S/C24H22FNO3/c1-15-21(24(28)29-14-16-7-3-2-4-8-16)22(17-9-5-10-18(25)13-17)23-19(26-15)11-6-12-20(23)27/h2-5,7-10,13,21-22H,6,11-12,14H2,1H3/t21?,22-/m0/s1. The second kappa shape index (κ2) is 8.11. The van der Waals surface area contributed by atoms with E-state index >= 15 is 0 Å². The minimum absolute atomic E-state index is 0.0161. The highest BCUT2D eigenvalue weighted by atomic mass is 19.1. The molecule has 0 radical (unpaired) electrons. The van der Waals surface area contributed by atoms with Gasteiger partial charge in [-0.3, -0.25) is 14.6 Å². The molecule has 148 valence electrons. The largest absolute Gasteiger partial charge is 0.460 e. The average molecular weight is 391 g/mol. The van der Waals surface area contributed by atoms with Crippen molar-refractivity contribution in [1.82, 2.24) is 0 Å². The van der Waals surface area contributed by atoms with Gasteiger partial charge in [-0.25, -0.2) is 4.39 Å². The predicted molar refractivity (Wildman–Crippen MR) is 108 cm³/mol. The number of nitrogens with zero attached hydrogens (tertiary/aromatic N) is 1. The third kappa shape index (κ3) is 3.90. The molecule has 29 heavy (non-hydrogen) atoms. The van der Waals surface area contributed by atoms with Gasteiger partial charge in [-0.05, 0) is 43.0 Å². The van der Waals surface area contributed by atoms with Crippen molar-refractivity contribution in [2.24, 2.45) is 10.9 Å². The Kier molecular flexibility index (Phi) is 5.38. The molecule has 0 spiro atoms. The van der Waals surface area contributed by atoms with Gasteiger partial charge < -0.3 is 4.74 Å². The van der Waals surface area contributed by atoms with Gasteiger partial charge in [0.25, 0.3) is 0 Å². The van der Waals surface area contributed by atoms with Crippen LogP contribution in [0.5, 0.6) is 0 Å². The maximum absolute atomic E-state index is 14.0. The molecule has 2 aromatic carbocycles. The topological polar surface area (TPSA) is 55.7 Å². The summed E-state index contributed by atoms with van der Waals surface area (Å²) in [6.07, 6.45) is 1.86. The highest BCUT2D eigenvalue weighted by molar-refractivity contribution is 6.08. The van der Waals surface area contributed by atoms with E-state index in [-0.39, 0.29) is 12.4 Å². The van der Waals surface area contributed by atoms with Crippen molar-refractivity contribution in [1.29, 1.82) is 0 Å². The summed E-state index contributed by atoms with van der Waals surface area (Å²) < 4.78 is 19.6. The maximum Gasteiger partial charge on any atom is 0.315 e. The molecule has 1 aliphatic carbocycles. The Morgan fingerprint density at radius 3 is 2.69 bits per heavy atom. The van der Waals surface area contributed by atoms with E-state index in [1.54, 1.807) is 19.1 Å². The fourth-order valence-corrected chi connectivity index (χ4v) is 4.19. The molecular weight excluding hydrogens is 369 g/mol. The number of esters is 1. The number of hydrogen-bond acceptors (Lipinski definition) is 4. The molecule has 0 amide bonds. The number of allylic oxidation sites excluding steroid dienone is 2. The first-order chi connectivity index (χ1) is 14.0. The van der Waals surface area contributed by atoms with Gasteiger partial charge in [0, 0.05) is 29.3 Å². The average Bonchev–Trinajstić information content (AvgIpc) is 2.72. The summed E-state index contributed by atoms with van der Waals surface area (Å²) in [4.78, 5) is 30.5. The molecule has 0 bridgehead atoms. The lowest BCUT2D eigenvalue weighted by Gasteiger charge is -2.34. The summed E-state index contributed by atoms with van der Waals surface area (Å²) >= 11 is 0. The van der Waals surface area contributed by atoms with Crippen molar-refractivity contribution >= 4 is 17.5 Å². The minimum Gasteiger partial charge on any atom is -0.460 e. The number of ether oxygens (including phenoxy) is 1. The van der Waals surface area contributed by atoms with Crippen LogP contribution in [0.4, 0.5) is 4.39 Å². The van der Waals surface area contributed by atoms with E-state index in [0.29, 0.717) is 29.7 Å². The fourth-order valence-electron chi connectivity index (χ4n) is 4.19. The van der Waals surface area contributed by atoms with Crippen LogP contribution < -0.4 is 0 Å². The van der Waals surface area contributed by atoms with Crippen LogP contribution in [0, 0.1) is 11.7 Å². The number of aliphatic imine (C=N–C) groups is 1. The van der Waals surface area contributed by atoms with Crippen LogP contribution in [0.3, 0.4) is 0 Å². The predicted octanol–water partition coefficient (Wildman–Crippen LogP) is 4.75. The molecule has 0 saturated carbocycles. The van der Waals surface area contributed by atoms with E-state index < -0.39 is 23.6 Å². The van der Waals surface area contributed by atoms with Crippen LogP contribution in [0.15, 0.2) is 70.9 Å². The number of benzene rings is 2. The number of Topliss-reactive ketones (excluding diaryl/α,β-unsaturated/α-hetero) is 1. The number of rotatable bonds is 4. The van der Waals surface area contributed by atoms with E-state index in [4.69, 9.17) is 4.74 Å². The highest BCUT2D eigenvalue weighted by Crippen LogP contribution is 2.43. The first kappa shape index (κ1) is 19.2. The first-order valence-electron chi connectivity index (χ1n) is 9.82. The van der Waals surface area contributed by atoms with Gasteiger partial charge in [-0.15, -0.1) is 0 Å². The van der Waals surface area contributed by atoms with Gasteiger partial charge in [0.1, 0.15) is 18.3 Å². The molecular formula is C24H22FNO3. The van der Waals surface area contributed by atoms with Gasteiger partial charge in [0.05, 0.1) is 0 Å². The fraction of sp³-hybridized carbons (Fsp3) is 0.292. The monoisotopic (exact) mass is 391 g/mol. The first-order valence-corrected chi connectivity index (χ1v) is 9.82. The summed E-state index contributed by atoms with van der Waals surface area (Å²) in [5.74, 6) is -2.19. The van der Waals surface area contributed by atoms with Gasteiger partial charge in [0.15, 0.2) is 5.78 Å². The second-order valence-electron chi connectivity index (χ2n) is 7.49. The summed E-state index contributed by atoms with van der Waals surface area (Å²) in [6.45, 7) is 1.92. The van der Waals surface area contributed by atoms with E-state index in [2.05, 4.69) is 4.99 Å². The number of ketones is 1. The van der Waals surface area contributed by atoms with Gasteiger partial charge >= 0.3 is 5.97 Å². The molecule has 2 atom stereocenters. The molecule has 1 heterocycles. The quantitative estimate of drug-likeness (QED) is 0.707. The van der Waals surface area contributed by atoms with Crippen molar-refractivity contribution < 1.29 is 18.7 Å². The van der Waals surface area contributed by atoms with Gasteiger partial charge in [-0.1, -0.05) is 42.5 Å². The van der Waals surface area contributed by atoms with Crippen LogP contribution in [0.1, 0.15) is 43.2 Å². The van der Waals surface area contributed by atoms with Crippen LogP contribution in [-0.2, 0) is 20.9 Å². The normalized spacial score (nSPS) is 21.4. The van der Waals surface area contributed by atoms with Crippen LogP contribution in [0.25, 0.3) is 0 Å². The van der Waals surface area contributed by atoms with Crippen LogP contribution in [0.2, 0.25) is 0 Å². The molecule has 0 N–H and O–H groups in total. The second-order valence-corrected chi connectivity index (χ2v) is 7.49. The zero-order valence-corrected chi connectivity index (χ0v) is 16.2. The Morgan fingerprint density at radius 1 is 1.14 bits per heavy atom. The molecule has 4 nitrogen and oxygen atoms in total. The minimum atomic E-state index is -0.749. The lowest BCUT2D eigenvalue weighted by molar-refractivity contribution is -0.148. The Morgan fingerprint density at radius 2 is 1.93 bits per heavy atom. The summed E-state index contributed by atoms with van der Waals surface area (Å²) in [7, 11) is 0. The van der Waals surface area contributed by atoms with Crippen LogP contribution in [-0.4, -0.2) is 17.5 Å². The zero-order chi connectivity index (χ0) is 20.4. The SMILES string of the molecule is CC1=NC2=C(C(=O)CCC2)[C@@H](c2cccc(F)c2)C1C(=O)OCc1ccccc1. The van der Waals surface area contributed by atoms with Gasteiger partial charge in [0.2, 0.25) is 0 Å². The van der Waals surface area contributed by atoms with Gasteiger partial charge in [-0.2, -0.15) is 0 Å². The molecule has 0 fully saturated rings. The third-order valence-electron chi connectivity index (χ3n) is 5.52. The van der Waals surface area contributed by atoms with Crippen molar-refractivity contribution in [3.63, 3.8) is 0 Å². The molecule has 1 aliphatic heterocycles. The number of carbonyl (C=O) groups is 2. The summed E-state index contributed by atoms with van der Waals surface area (Å²) in [5.41, 5.74) is 3.34. The van der Waals surface area contributed by atoms with E-state index in [1.165, 1.54) is 12.1 Å². The van der Waals surface area contributed by atoms with E-state index in [9.17, 15) is 14.0 Å². The lowest BCUT2D eigenvalue weighted by Crippen LogP contribution is -2.37. The molecule has 2 aliphatic rings. The molecule has 0 saturated heterocycles. The molecule has 2 aromatic rings. The number of halogens is 1. The molecule has 0 aromatic heterocycles. The number of carbonyl (C=O) groups excluding carboxylic acids is 2. The van der Waals surface area contributed by atoms with E-state index in [1.807, 2.05) is 30.3 Å². The Labute approximate surface area is 169 Å². The summed E-state index contributed by atoms with van der Waals surface area (Å²) in [5, 5.41) is 0. The Bertz CT molecular complexity index is 1010. The van der Waals surface area contributed by atoms with Crippen LogP contribution >= 0.6 is 0 Å². The zero-order valence-electron chi connectivity index (χ0n) is 16.2. The smallest absolute Gasteiger partial charge is 0.315 e. The van der Waals surface area contributed by atoms with Crippen molar-refractivity contribution in [2.75, 3.05) is 0 Å². The molecule has 1 unspecified atom stereocenters. The Balaban J connectivity index is 1.70. The maximum atomic E-state index is 14.0. The Hall–Kier alpha value is -3.08. The number of hydrogen-bond donors (Lipinski definition) is 0. The lowest BCUT2D eigenvalue weighted by atomic mass is 9.72. The summed E-state index contributed by atoms with van der Waals surface area (Å²) in [6, 6.07) is 15.5.